The largest absolute Gasteiger partial charge is 0.375 e. The second kappa shape index (κ2) is 7.54. The fraction of sp³-hybridized carbons (Fsp3) is 0.130. The van der Waals surface area contributed by atoms with E-state index in [1.54, 1.807) is 60.7 Å². The van der Waals surface area contributed by atoms with Gasteiger partial charge in [0, 0.05) is 15.6 Å². The number of rotatable bonds is 5. The van der Waals surface area contributed by atoms with E-state index in [2.05, 4.69) is 15.9 Å². The van der Waals surface area contributed by atoms with Crippen molar-refractivity contribution in [2.24, 2.45) is 0 Å². The van der Waals surface area contributed by atoms with Crippen molar-refractivity contribution in [1.29, 1.82) is 0 Å². The van der Waals surface area contributed by atoms with Gasteiger partial charge in [0.1, 0.15) is 5.82 Å². The van der Waals surface area contributed by atoms with Crippen LogP contribution in [0.25, 0.3) is 0 Å². The number of benzene rings is 3. The monoisotopic (exact) mass is 453 g/mol. The molecule has 4 rings (SSSR count). The number of amides is 1. The van der Waals surface area contributed by atoms with Gasteiger partial charge in [-0.15, -0.1) is 0 Å². The third-order valence-corrected chi connectivity index (χ3v) is 5.60. The molecule has 3 aromatic carbocycles. The number of halogens is 2. The highest BCUT2D eigenvalue weighted by atomic mass is 79.9. The Morgan fingerprint density at radius 3 is 2.34 bits per heavy atom. The van der Waals surface area contributed by atoms with Gasteiger partial charge in [-0.25, -0.2) is 4.39 Å². The Morgan fingerprint density at radius 1 is 1.00 bits per heavy atom. The molecule has 146 valence electrons. The molecule has 0 aliphatic carbocycles. The summed E-state index contributed by atoms with van der Waals surface area (Å²) < 4.78 is 14.0. The number of aliphatic hydroxyl groups is 1. The van der Waals surface area contributed by atoms with Crippen LogP contribution in [-0.4, -0.2) is 16.8 Å². The van der Waals surface area contributed by atoms with E-state index in [-0.39, 0.29) is 24.6 Å². The Labute approximate surface area is 175 Å². The first kappa shape index (κ1) is 19.5. The molecule has 4 nitrogen and oxygen atoms in total. The summed E-state index contributed by atoms with van der Waals surface area (Å²) in [5.74, 6) is -1.25. The Kier molecular flexibility index (Phi) is 5.06. The number of hydrogen-bond acceptors (Lipinski definition) is 3. The number of anilines is 1. The van der Waals surface area contributed by atoms with E-state index in [0.717, 1.165) is 10.0 Å². The first-order chi connectivity index (χ1) is 13.9. The average Bonchev–Trinajstić information content (AvgIpc) is 2.92. The van der Waals surface area contributed by atoms with Crippen LogP contribution in [0.3, 0.4) is 0 Å². The van der Waals surface area contributed by atoms with Crippen molar-refractivity contribution < 1.29 is 19.1 Å². The van der Waals surface area contributed by atoms with Crippen LogP contribution in [0.15, 0.2) is 77.3 Å². The topological polar surface area (TPSA) is 57.6 Å². The maximum atomic E-state index is 13.2. The Morgan fingerprint density at radius 2 is 1.66 bits per heavy atom. The van der Waals surface area contributed by atoms with E-state index < -0.39 is 11.5 Å². The highest BCUT2D eigenvalue weighted by molar-refractivity contribution is 9.10. The summed E-state index contributed by atoms with van der Waals surface area (Å²) in [6, 6.07) is 19.5. The van der Waals surface area contributed by atoms with Crippen LogP contribution < -0.4 is 4.90 Å². The van der Waals surface area contributed by atoms with E-state index in [9.17, 15) is 19.1 Å². The Bertz CT molecular complexity index is 1080. The summed E-state index contributed by atoms with van der Waals surface area (Å²) in [6.07, 6.45) is -0.357. The third kappa shape index (κ3) is 3.61. The molecule has 1 unspecified atom stereocenters. The number of Topliss-reactive ketones (excluding diaryl/α,β-unsaturated/α-hetero) is 1. The van der Waals surface area contributed by atoms with E-state index in [4.69, 9.17) is 0 Å². The van der Waals surface area contributed by atoms with E-state index in [1.807, 2.05) is 0 Å². The smallest absolute Gasteiger partial charge is 0.264 e. The van der Waals surface area contributed by atoms with Gasteiger partial charge < -0.3 is 10.0 Å². The lowest BCUT2D eigenvalue weighted by Crippen LogP contribution is -2.41. The predicted molar refractivity (Wildman–Crippen MR) is 111 cm³/mol. The summed E-state index contributed by atoms with van der Waals surface area (Å²) in [4.78, 5) is 27.4. The van der Waals surface area contributed by atoms with Crippen molar-refractivity contribution in [3.05, 3.63) is 99.8 Å². The van der Waals surface area contributed by atoms with E-state index >= 15 is 0 Å². The maximum Gasteiger partial charge on any atom is 0.264 e. The lowest BCUT2D eigenvalue weighted by molar-refractivity contribution is -0.136. The molecule has 0 saturated heterocycles. The van der Waals surface area contributed by atoms with Crippen molar-refractivity contribution in [3.8, 4) is 0 Å². The second-order valence-electron chi connectivity index (χ2n) is 7.00. The second-order valence-corrected chi connectivity index (χ2v) is 7.92. The van der Waals surface area contributed by atoms with Crippen molar-refractivity contribution >= 4 is 33.3 Å². The van der Waals surface area contributed by atoms with Crippen LogP contribution in [0.2, 0.25) is 0 Å². The van der Waals surface area contributed by atoms with Gasteiger partial charge in [0.2, 0.25) is 0 Å². The molecule has 0 fully saturated rings. The average molecular weight is 454 g/mol. The molecule has 1 amide bonds. The maximum absolute atomic E-state index is 13.2. The molecule has 1 aliphatic rings. The highest BCUT2D eigenvalue weighted by Gasteiger charge is 2.50. The van der Waals surface area contributed by atoms with Crippen molar-refractivity contribution in [3.63, 3.8) is 0 Å². The van der Waals surface area contributed by atoms with Crippen LogP contribution in [0.1, 0.15) is 27.9 Å². The zero-order chi connectivity index (χ0) is 20.6. The fourth-order valence-corrected chi connectivity index (χ4v) is 3.84. The molecule has 0 bridgehead atoms. The molecular weight excluding hydrogens is 437 g/mol. The van der Waals surface area contributed by atoms with Crippen molar-refractivity contribution in [2.45, 2.75) is 18.6 Å². The van der Waals surface area contributed by atoms with Crippen LogP contribution in [0, 0.1) is 5.82 Å². The molecule has 29 heavy (non-hydrogen) atoms. The molecule has 0 radical (unpaired) electrons. The third-order valence-electron chi connectivity index (χ3n) is 5.08. The number of para-hydroxylation sites is 1. The quantitative estimate of drug-likeness (QED) is 0.574. The molecule has 1 atom stereocenters. The van der Waals surface area contributed by atoms with Crippen LogP contribution in [0.5, 0.6) is 0 Å². The number of ketones is 1. The van der Waals surface area contributed by atoms with Crippen molar-refractivity contribution in [2.75, 3.05) is 4.90 Å². The molecule has 1 aliphatic heterocycles. The van der Waals surface area contributed by atoms with Gasteiger partial charge in [0.25, 0.3) is 5.91 Å². The normalized spacial score (nSPS) is 18.0. The molecule has 0 saturated carbocycles. The minimum absolute atomic E-state index is 0.172. The Balaban J connectivity index is 1.66. The molecule has 1 N–H and O–H groups in total. The number of carbonyl (C=O) groups is 2. The summed E-state index contributed by atoms with van der Waals surface area (Å²) in [6.45, 7) is 0.172. The zero-order valence-electron chi connectivity index (χ0n) is 15.3. The number of carbonyl (C=O) groups excluding carboxylic acids is 2. The van der Waals surface area contributed by atoms with Gasteiger partial charge in [-0.1, -0.05) is 58.4 Å². The first-order valence-corrected chi connectivity index (χ1v) is 9.85. The van der Waals surface area contributed by atoms with Gasteiger partial charge in [-0.05, 0) is 35.9 Å². The molecule has 3 aromatic rings. The van der Waals surface area contributed by atoms with Gasteiger partial charge in [-0.3, -0.25) is 9.59 Å². The van der Waals surface area contributed by atoms with E-state index in [0.29, 0.717) is 16.8 Å². The van der Waals surface area contributed by atoms with Crippen LogP contribution in [0.4, 0.5) is 10.1 Å². The molecular formula is C23H17BrFNO3. The first-order valence-electron chi connectivity index (χ1n) is 9.05. The SMILES string of the molecule is O=C(CC1(O)C(=O)N(Cc2ccc(F)cc2)c2ccccc21)c1ccc(Br)cc1. The zero-order valence-corrected chi connectivity index (χ0v) is 16.9. The summed E-state index contributed by atoms with van der Waals surface area (Å²) in [7, 11) is 0. The predicted octanol–water partition coefficient (Wildman–Crippen LogP) is 4.60. The highest BCUT2D eigenvalue weighted by Crippen LogP contribution is 2.43. The Hall–Kier alpha value is -2.83. The molecule has 0 aromatic heterocycles. The summed E-state index contributed by atoms with van der Waals surface area (Å²) in [5, 5.41) is 11.3. The van der Waals surface area contributed by atoms with E-state index in [1.165, 1.54) is 17.0 Å². The van der Waals surface area contributed by atoms with Gasteiger partial charge in [0.15, 0.2) is 11.4 Å². The summed E-state index contributed by atoms with van der Waals surface area (Å²) >= 11 is 3.32. The number of hydrogen-bond donors (Lipinski definition) is 1. The van der Waals surface area contributed by atoms with Gasteiger partial charge in [0.05, 0.1) is 18.7 Å². The lowest BCUT2D eigenvalue weighted by Gasteiger charge is -2.23. The molecule has 1 heterocycles. The lowest BCUT2D eigenvalue weighted by atomic mass is 9.88. The standard InChI is InChI=1S/C23H17BrFNO3/c24-17-9-7-16(8-10-17)21(27)13-23(29)19-3-1-2-4-20(19)26(22(23)28)14-15-5-11-18(25)12-6-15/h1-12,29H,13-14H2. The fourth-order valence-electron chi connectivity index (χ4n) is 3.58. The molecule has 0 spiro atoms. The van der Waals surface area contributed by atoms with Crippen LogP contribution >= 0.6 is 15.9 Å². The van der Waals surface area contributed by atoms with Crippen LogP contribution in [-0.2, 0) is 16.9 Å². The minimum Gasteiger partial charge on any atom is -0.375 e. The number of fused-ring (bicyclic) bond motifs is 1. The molecule has 6 heteroatoms. The minimum atomic E-state index is -1.94. The summed E-state index contributed by atoms with van der Waals surface area (Å²) in [5.41, 5.74) is 0.147. The number of nitrogens with zero attached hydrogens (tertiary/aromatic N) is 1. The van der Waals surface area contributed by atoms with Crippen molar-refractivity contribution in [1.82, 2.24) is 0 Å². The van der Waals surface area contributed by atoms with Gasteiger partial charge in [-0.2, -0.15) is 0 Å². The van der Waals surface area contributed by atoms with Gasteiger partial charge >= 0.3 is 0 Å².